The van der Waals surface area contributed by atoms with Crippen molar-refractivity contribution in [3.8, 4) is 6.07 Å². The van der Waals surface area contributed by atoms with E-state index in [9.17, 15) is 13.2 Å². The molecule has 5 nitrogen and oxygen atoms in total. The largest absolute Gasteiger partial charge is 0.303 e. The van der Waals surface area contributed by atoms with Gasteiger partial charge in [0, 0.05) is 19.0 Å². The summed E-state index contributed by atoms with van der Waals surface area (Å²) in [5, 5.41) is 8.60. The number of piperidine rings is 1. The Labute approximate surface area is 118 Å². The van der Waals surface area contributed by atoms with Crippen molar-refractivity contribution in [2.45, 2.75) is 24.2 Å². The molecule has 0 radical (unpaired) electrons. The topological polar surface area (TPSA) is 78.2 Å². The summed E-state index contributed by atoms with van der Waals surface area (Å²) >= 11 is 0. The summed E-state index contributed by atoms with van der Waals surface area (Å²) in [5.41, 5.74) is 0.788. The average molecular weight is 292 g/mol. The van der Waals surface area contributed by atoms with Gasteiger partial charge in [0.05, 0.1) is 17.4 Å². The van der Waals surface area contributed by atoms with Crippen molar-refractivity contribution < 1.29 is 13.2 Å². The van der Waals surface area contributed by atoms with Gasteiger partial charge in [-0.1, -0.05) is 12.1 Å². The van der Waals surface area contributed by atoms with Crippen LogP contribution in [0.15, 0.2) is 29.2 Å². The number of aldehydes is 1. The van der Waals surface area contributed by atoms with E-state index >= 15 is 0 Å². The van der Waals surface area contributed by atoms with Gasteiger partial charge in [-0.2, -0.15) is 9.57 Å². The molecule has 0 bridgehead atoms. The highest BCUT2D eigenvalue weighted by atomic mass is 32.2. The van der Waals surface area contributed by atoms with Crippen LogP contribution < -0.4 is 0 Å². The lowest BCUT2D eigenvalue weighted by Crippen LogP contribution is -2.40. The molecule has 6 heteroatoms. The molecule has 0 aromatic heterocycles. The van der Waals surface area contributed by atoms with Crippen molar-refractivity contribution in [2.75, 3.05) is 13.1 Å². The summed E-state index contributed by atoms with van der Waals surface area (Å²) in [6.07, 6.45) is 2.54. The molecule has 1 atom stereocenters. The van der Waals surface area contributed by atoms with E-state index in [0.29, 0.717) is 13.0 Å². The van der Waals surface area contributed by atoms with Crippen LogP contribution in [0.5, 0.6) is 0 Å². The molecule has 0 aliphatic carbocycles. The molecule has 1 fully saturated rings. The van der Waals surface area contributed by atoms with Crippen LogP contribution >= 0.6 is 0 Å². The molecule has 0 N–H and O–H groups in total. The maximum Gasteiger partial charge on any atom is 0.243 e. The van der Waals surface area contributed by atoms with Crippen LogP contribution in [0.3, 0.4) is 0 Å². The number of carbonyl (C=O) groups is 1. The van der Waals surface area contributed by atoms with E-state index < -0.39 is 10.0 Å². The third-order valence-corrected chi connectivity index (χ3v) is 5.34. The number of carbonyl (C=O) groups excluding carboxylic acids is 1. The van der Waals surface area contributed by atoms with Gasteiger partial charge in [0.25, 0.3) is 0 Å². The van der Waals surface area contributed by atoms with Gasteiger partial charge in [0.15, 0.2) is 0 Å². The molecule has 0 amide bonds. The normalized spacial score (nSPS) is 20.2. The first kappa shape index (κ1) is 14.7. The molecule has 1 aliphatic heterocycles. The molecule has 20 heavy (non-hydrogen) atoms. The molecule has 1 heterocycles. The molecular weight excluding hydrogens is 276 g/mol. The molecule has 0 spiro atoms. The number of hydrogen-bond acceptors (Lipinski definition) is 4. The monoisotopic (exact) mass is 292 g/mol. The van der Waals surface area contributed by atoms with Crippen molar-refractivity contribution in [1.29, 1.82) is 5.26 Å². The Hall–Kier alpha value is -1.71. The average Bonchev–Trinajstić information content (AvgIpc) is 2.48. The molecule has 1 saturated heterocycles. The number of nitrogens with zero attached hydrogens (tertiary/aromatic N) is 2. The van der Waals surface area contributed by atoms with Crippen LogP contribution in [0, 0.1) is 17.2 Å². The lowest BCUT2D eigenvalue weighted by molar-refractivity contribution is -0.112. The van der Waals surface area contributed by atoms with Crippen molar-refractivity contribution in [2.24, 2.45) is 5.92 Å². The smallest absolute Gasteiger partial charge is 0.243 e. The van der Waals surface area contributed by atoms with Crippen molar-refractivity contribution in [3.05, 3.63) is 29.8 Å². The summed E-state index contributed by atoms with van der Waals surface area (Å²) in [4.78, 5) is 11.0. The highest BCUT2D eigenvalue weighted by Crippen LogP contribution is 2.23. The fraction of sp³-hybridized carbons (Fsp3) is 0.429. The van der Waals surface area contributed by atoms with Crippen LogP contribution in [0.25, 0.3) is 0 Å². The van der Waals surface area contributed by atoms with Crippen molar-refractivity contribution in [1.82, 2.24) is 4.31 Å². The first-order chi connectivity index (χ1) is 9.57. The highest BCUT2D eigenvalue weighted by molar-refractivity contribution is 7.89. The van der Waals surface area contributed by atoms with E-state index in [1.165, 1.54) is 16.4 Å². The zero-order valence-electron chi connectivity index (χ0n) is 11.0. The molecule has 1 aliphatic rings. The SMILES string of the molecule is N#CCc1ccc(S(=O)(=O)N2CCCC(C=O)C2)cc1. The van der Waals surface area contributed by atoms with E-state index in [2.05, 4.69) is 0 Å². The number of hydrogen-bond donors (Lipinski definition) is 0. The predicted octanol–water partition coefficient (Wildman–Crippen LogP) is 1.35. The lowest BCUT2D eigenvalue weighted by atomic mass is 10.0. The zero-order valence-corrected chi connectivity index (χ0v) is 11.8. The minimum absolute atomic E-state index is 0.212. The Morgan fingerprint density at radius 1 is 1.35 bits per heavy atom. The molecule has 1 aromatic carbocycles. The second kappa shape index (κ2) is 6.16. The van der Waals surface area contributed by atoms with Gasteiger partial charge in [0.2, 0.25) is 10.0 Å². The molecule has 2 rings (SSSR count). The minimum atomic E-state index is -3.55. The van der Waals surface area contributed by atoms with Crippen molar-refractivity contribution >= 4 is 16.3 Å². The molecule has 106 valence electrons. The Balaban J connectivity index is 2.21. The van der Waals surface area contributed by atoms with Crippen molar-refractivity contribution in [3.63, 3.8) is 0 Å². The van der Waals surface area contributed by atoms with E-state index in [1.54, 1.807) is 12.1 Å². The summed E-state index contributed by atoms with van der Waals surface area (Å²) < 4.78 is 26.3. The third-order valence-electron chi connectivity index (χ3n) is 3.46. The lowest BCUT2D eigenvalue weighted by Gasteiger charge is -2.29. The summed E-state index contributed by atoms with van der Waals surface area (Å²) in [6, 6.07) is 8.36. The molecule has 1 aromatic rings. The Morgan fingerprint density at radius 3 is 2.65 bits per heavy atom. The van der Waals surface area contributed by atoms with E-state index in [4.69, 9.17) is 5.26 Å². The van der Waals surface area contributed by atoms with E-state index in [1.807, 2.05) is 6.07 Å². The van der Waals surface area contributed by atoms with Gasteiger partial charge in [0.1, 0.15) is 6.29 Å². The van der Waals surface area contributed by atoms with Crippen LogP contribution in [0.2, 0.25) is 0 Å². The summed E-state index contributed by atoms with van der Waals surface area (Å²) in [5.74, 6) is -0.212. The zero-order chi connectivity index (χ0) is 14.6. The van der Waals surface area contributed by atoms with E-state index in [-0.39, 0.29) is 23.8 Å². The first-order valence-electron chi connectivity index (χ1n) is 6.49. The second-order valence-corrected chi connectivity index (χ2v) is 6.82. The maximum absolute atomic E-state index is 12.5. The summed E-state index contributed by atoms with van der Waals surface area (Å²) in [7, 11) is -3.55. The number of rotatable bonds is 4. The van der Waals surface area contributed by atoms with Gasteiger partial charge in [-0.05, 0) is 30.5 Å². The quantitative estimate of drug-likeness (QED) is 0.785. The second-order valence-electron chi connectivity index (χ2n) is 4.88. The molecule has 1 unspecified atom stereocenters. The van der Waals surface area contributed by atoms with Crippen LogP contribution in [0.1, 0.15) is 18.4 Å². The number of sulfonamides is 1. The van der Waals surface area contributed by atoms with Gasteiger partial charge < -0.3 is 4.79 Å². The highest BCUT2D eigenvalue weighted by Gasteiger charge is 2.29. The number of nitriles is 1. The Morgan fingerprint density at radius 2 is 2.05 bits per heavy atom. The predicted molar refractivity (Wildman–Crippen MR) is 73.3 cm³/mol. The standard InChI is InChI=1S/C14H16N2O3S/c15-8-7-12-3-5-14(6-4-12)20(18,19)16-9-1-2-13(10-16)11-17/h3-6,11,13H,1-2,7,9-10H2. The van der Waals surface area contributed by atoms with Gasteiger partial charge in [-0.15, -0.1) is 0 Å². The maximum atomic E-state index is 12.5. The van der Waals surface area contributed by atoms with E-state index in [0.717, 1.165) is 18.3 Å². The third kappa shape index (κ3) is 3.06. The van der Waals surface area contributed by atoms with Gasteiger partial charge >= 0.3 is 0 Å². The Bertz CT molecular complexity index is 617. The molecular formula is C14H16N2O3S. The first-order valence-corrected chi connectivity index (χ1v) is 7.93. The Kier molecular flexibility index (Phi) is 4.53. The molecule has 0 saturated carbocycles. The van der Waals surface area contributed by atoms with Crippen LogP contribution in [-0.4, -0.2) is 32.1 Å². The number of benzene rings is 1. The van der Waals surface area contributed by atoms with Crippen LogP contribution in [0.4, 0.5) is 0 Å². The fourth-order valence-electron chi connectivity index (χ4n) is 2.32. The van der Waals surface area contributed by atoms with Gasteiger partial charge in [-0.3, -0.25) is 0 Å². The van der Waals surface area contributed by atoms with Crippen LogP contribution in [-0.2, 0) is 21.2 Å². The summed E-state index contributed by atoms with van der Waals surface area (Å²) in [6.45, 7) is 0.707. The van der Waals surface area contributed by atoms with Gasteiger partial charge in [-0.25, -0.2) is 8.42 Å². The minimum Gasteiger partial charge on any atom is -0.303 e. The fourth-order valence-corrected chi connectivity index (χ4v) is 3.86.